The Hall–Kier alpha value is -2.99. The number of likely N-dealkylation sites (tertiary alicyclic amines) is 1. The summed E-state index contributed by atoms with van der Waals surface area (Å²) in [6.45, 7) is 6.45. The van der Waals surface area contributed by atoms with Crippen molar-refractivity contribution in [3.8, 4) is 11.8 Å². The number of methoxy groups -OCH3 is 1. The van der Waals surface area contributed by atoms with Crippen LogP contribution in [0.2, 0.25) is 0 Å². The molecule has 4 heterocycles. The van der Waals surface area contributed by atoms with Crippen molar-refractivity contribution >= 4 is 44.5 Å². The fourth-order valence-corrected chi connectivity index (χ4v) is 6.03. The third kappa shape index (κ3) is 5.81. The van der Waals surface area contributed by atoms with Crippen LogP contribution in [0.5, 0.6) is 11.8 Å². The van der Waals surface area contributed by atoms with Crippen molar-refractivity contribution in [3.63, 3.8) is 0 Å². The number of ether oxygens (including phenoxy) is 3. The lowest BCUT2D eigenvalue weighted by molar-refractivity contribution is -0.141. The molecule has 0 spiro atoms. The van der Waals surface area contributed by atoms with Gasteiger partial charge in [0.05, 0.1) is 18.0 Å². The van der Waals surface area contributed by atoms with E-state index in [1.54, 1.807) is 4.90 Å². The molecule has 1 aromatic carbocycles. The molecule has 210 valence electrons. The Labute approximate surface area is 235 Å². The number of rotatable bonds is 8. The van der Waals surface area contributed by atoms with Crippen LogP contribution in [0.3, 0.4) is 0 Å². The predicted molar refractivity (Wildman–Crippen MR) is 147 cm³/mol. The number of piperazine rings is 1. The molecule has 3 atom stereocenters. The molecule has 12 heteroatoms. The van der Waals surface area contributed by atoms with Gasteiger partial charge >= 0.3 is 12.0 Å². The maximum Gasteiger partial charge on any atom is 0.319 e. The van der Waals surface area contributed by atoms with Gasteiger partial charge in [-0.3, -0.25) is 14.5 Å². The first-order valence-corrected chi connectivity index (χ1v) is 14.0. The van der Waals surface area contributed by atoms with Crippen LogP contribution in [-0.4, -0.2) is 103 Å². The third-order valence-corrected chi connectivity index (χ3v) is 8.38. The molecular weight excluding hydrogens is 573 g/mol. The second-order valence-corrected chi connectivity index (χ2v) is 11.1. The fourth-order valence-electron chi connectivity index (χ4n) is 5.47. The van der Waals surface area contributed by atoms with E-state index in [0.29, 0.717) is 69.1 Å². The number of likely N-dealkylation sites (N-methyl/N-ethyl adjacent to an activating group) is 1. The number of halogens is 2. The summed E-state index contributed by atoms with van der Waals surface area (Å²) < 4.78 is 32.0. The average molecular weight is 606 g/mol. The van der Waals surface area contributed by atoms with Crippen LogP contribution >= 0.6 is 15.9 Å². The first-order chi connectivity index (χ1) is 18.8. The van der Waals surface area contributed by atoms with E-state index in [1.807, 2.05) is 18.0 Å². The monoisotopic (exact) mass is 605 g/mol. The summed E-state index contributed by atoms with van der Waals surface area (Å²) in [5.74, 6) is 0.986. The summed E-state index contributed by atoms with van der Waals surface area (Å²) in [6.07, 6.45) is 2.13. The van der Waals surface area contributed by atoms with Crippen molar-refractivity contribution in [2.24, 2.45) is 0 Å². The molecule has 0 saturated carbocycles. The number of benzene rings is 1. The number of carbonyl (C=O) groups excluding carboxylic acids is 2. The molecule has 3 aliphatic heterocycles. The molecule has 0 bridgehead atoms. The smallest absolute Gasteiger partial charge is 0.319 e. The van der Waals surface area contributed by atoms with E-state index in [1.165, 1.54) is 13.2 Å². The highest BCUT2D eigenvalue weighted by molar-refractivity contribution is 9.10. The summed E-state index contributed by atoms with van der Waals surface area (Å²) in [4.78, 5) is 39.2. The number of alkyl halides is 1. The Kier molecular flexibility index (Phi) is 8.22. The molecule has 0 aliphatic carbocycles. The van der Waals surface area contributed by atoms with E-state index in [0.717, 1.165) is 15.4 Å². The van der Waals surface area contributed by atoms with Gasteiger partial charge in [0.1, 0.15) is 30.4 Å². The van der Waals surface area contributed by atoms with Gasteiger partial charge in [-0.2, -0.15) is 9.97 Å². The van der Waals surface area contributed by atoms with Gasteiger partial charge in [-0.15, -0.1) is 0 Å². The molecule has 1 aromatic heterocycles. The van der Waals surface area contributed by atoms with Gasteiger partial charge in [-0.25, -0.2) is 4.39 Å². The van der Waals surface area contributed by atoms with Crippen LogP contribution in [-0.2, 0) is 20.7 Å². The molecule has 0 radical (unpaired) electrons. The van der Waals surface area contributed by atoms with Crippen molar-refractivity contribution < 1.29 is 28.2 Å². The number of anilines is 1. The van der Waals surface area contributed by atoms with Crippen LogP contribution in [0.4, 0.5) is 10.2 Å². The van der Waals surface area contributed by atoms with Gasteiger partial charge in [0, 0.05) is 61.6 Å². The molecule has 2 aromatic rings. The number of aromatic nitrogens is 2. The maximum absolute atomic E-state index is 13.9. The summed E-state index contributed by atoms with van der Waals surface area (Å²) in [6, 6.07) is 2.10. The van der Waals surface area contributed by atoms with Gasteiger partial charge in [0.2, 0.25) is 5.91 Å². The largest absolute Gasteiger partial charge is 0.489 e. The zero-order chi connectivity index (χ0) is 27.7. The lowest BCUT2D eigenvalue weighted by Gasteiger charge is -2.35. The highest BCUT2D eigenvalue weighted by Gasteiger charge is 2.33. The molecule has 3 aliphatic rings. The number of fused-ring (bicyclic) bond motifs is 3. The van der Waals surface area contributed by atoms with Crippen LogP contribution in [0.15, 0.2) is 23.2 Å². The summed E-state index contributed by atoms with van der Waals surface area (Å²) in [7, 11) is 3.27. The molecule has 1 unspecified atom stereocenters. The highest BCUT2D eigenvalue weighted by Crippen LogP contribution is 2.45. The van der Waals surface area contributed by atoms with E-state index in [4.69, 9.17) is 24.2 Å². The molecule has 10 nitrogen and oxygen atoms in total. The second kappa shape index (κ2) is 11.6. The van der Waals surface area contributed by atoms with Crippen molar-refractivity contribution in [1.82, 2.24) is 19.8 Å². The summed E-state index contributed by atoms with van der Waals surface area (Å²) >= 11 is 3.69. The zero-order valence-corrected chi connectivity index (χ0v) is 23.8. The van der Waals surface area contributed by atoms with Crippen LogP contribution in [0.25, 0.3) is 10.9 Å². The van der Waals surface area contributed by atoms with Gasteiger partial charge < -0.3 is 24.0 Å². The quantitative estimate of drug-likeness (QED) is 0.332. The van der Waals surface area contributed by atoms with E-state index in [-0.39, 0.29) is 43.1 Å². The normalized spacial score (nSPS) is 23.0. The van der Waals surface area contributed by atoms with Gasteiger partial charge in [-0.1, -0.05) is 22.5 Å². The number of nitrogens with zero attached hydrogens (tertiary/aromatic N) is 5. The van der Waals surface area contributed by atoms with Crippen molar-refractivity contribution in [2.75, 3.05) is 58.4 Å². The zero-order valence-electron chi connectivity index (χ0n) is 22.2. The number of hydrogen-bond donors (Lipinski definition) is 0. The molecular formula is C27H33BrFN5O5. The predicted octanol–water partition coefficient (Wildman–Crippen LogP) is 2.90. The number of esters is 1. The van der Waals surface area contributed by atoms with Crippen molar-refractivity contribution in [1.29, 1.82) is 0 Å². The van der Waals surface area contributed by atoms with Crippen molar-refractivity contribution in [3.05, 3.63) is 28.8 Å². The van der Waals surface area contributed by atoms with Crippen LogP contribution in [0, 0.1) is 0 Å². The lowest BCUT2D eigenvalue weighted by Crippen LogP contribution is -2.48. The minimum absolute atomic E-state index is 0.0538. The molecule has 2 fully saturated rings. The number of carbonyl (C=O) groups is 2. The van der Waals surface area contributed by atoms with Gasteiger partial charge in [-0.05, 0) is 32.0 Å². The van der Waals surface area contributed by atoms with E-state index < -0.39 is 6.17 Å². The standard InChI is InChI=1S/C27H33BrFN5O5/c1-4-22(35)33-7-9-34(10-8-33)26-24-21(30-27(31-26)38-15-17-11-16(29)14-32(17)2)13-20(28)19-12-18(39-25(19)24)5-6-23(36)37-3/h4,13,16-18H,1,5-12,14-15H2,2-3H3/t16-,17+,18?/m1/s1. The Morgan fingerprint density at radius 1 is 1.28 bits per heavy atom. The van der Waals surface area contributed by atoms with Crippen LogP contribution < -0.4 is 14.4 Å². The summed E-state index contributed by atoms with van der Waals surface area (Å²) in [5, 5.41) is 0.770. The lowest BCUT2D eigenvalue weighted by atomic mass is 10.0. The molecule has 5 rings (SSSR count). The molecule has 0 N–H and O–H groups in total. The summed E-state index contributed by atoms with van der Waals surface area (Å²) in [5.41, 5.74) is 1.65. The third-order valence-electron chi connectivity index (χ3n) is 7.67. The fraction of sp³-hybridized carbons (Fsp3) is 0.556. The minimum atomic E-state index is -0.867. The second-order valence-electron chi connectivity index (χ2n) is 10.2. The Bertz CT molecular complexity index is 1270. The van der Waals surface area contributed by atoms with E-state index in [2.05, 4.69) is 27.4 Å². The average Bonchev–Trinajstić information content (AvgIpc) is 3.52. The van der Waals surface area contributed by atoms with Gasteiger partial charge in [0.25, 0.3) is 0 Å². The Balaban J connectivity index is 1.47. The molecule has 2 saturated heterocycles. The maximum atomic E-state index is 13.9. The minimum Gasteiger partial charge on any atom is -0.489 e. The topological polar surface area (TPSA) is 97.3 Å². The number of amides is 1. The Morgan fingerprint density at radius 3 is 2.72 bits per heavy atom. The molecule has 1 amide bonds. The Morgan fingerprint density at radius 2 is 2.05 bits per heavy atom. The van der Waals surface area contributed by atoms with Crippen molar-refractivity contribution in [2.45, 2.75) is 44.0 Å². The highest BCUT2D eigenvalue weighted by atomic mass is 79.9. The van der Waals surface area contributed by atoms with E-state index in [9.17, 15) is 14.0 Å². The SMILES string of the molecule is C=CC(=O)N1CCN(c2nc(OC[C@@H]3C[C@@H](F)CN3C)nc3cc(Br)c4c(c23)OC(CCC(=O)OC)C4)CC1. The molecule has 39 heavy (non-hydrogen) atoms. The first-order valence-electron chi connectivity index (χ1n) is 13.2. The van der Waals surface area contributed by atoms with Gasteiger partial charge in [0.15, 0.2) is 0 Å². The van der Waals surface area contributed by atoms with E-state index >= 15 is 0 Å². The van der Waals surface area contributed by atoms with Crippen LogP contribution in [0.1, 0.15) is 24.8 Å². The number of hydrogen-bond acceptors (Lipinski definition) is 9. The first kappa shape index (κ1) is 27.6.